The Morgan fingerprint density at radius 1 is 1.32 bits per heavy atom. The van der Waals surface area contributed by atoms with Crippen molar-refractivity contribution in [1.82, 2.24) is 0 Å². The smallest absolute Gasteiger partial charge is 0.297 e. The van der Waals surface area contributed by atoms with Crippen molar-refractivity contribution in [3.63, 3.8) is 0 Å². The topological polar surface area (TPSA) is 69.7 Å². The maximum atomic E-state index is 11.9. The SMILES string of the molecule is Cc1ccc(S(=O)(=O)OCC2CCC(=O)CO2)cc1. The van der Waals surface area contributed by atoms with Gasteiger partial charge in [0.1, 0.15) is 6.61 Å². The Bertz CT molecular complexity index is 537. The zero-order valence-electron chi connectivity index (χ0n) is 10.7. The maximum absolute atomic E-state index is 11.9. The van der Waals surface area contributed by atoms with Gasteiger partial charge in [-0.1, -0.05) is 17.7 Å². The molecule has 104 valence electrons. The molecule has 1 aromatic carbocycles. The van der Waals surface area contributed by atoms with Gasteiger partial charge >= 0.3 is 0 Å². The van der Waals surface area contributed by atoms with Crippen LogP contribution in [0.15, 0.2) is 29.2 Å². The number of Topliss-reactive ketones (excluding diaryl/α,β-unsaturated/α-hetero) is 1. The predicted octanol–water partition coefficient (Wildman–Crippen LogP) is 1.45. The third-order valence-electron chi connectivity index (χ3n) is 2.94. The second kappa shape index (κ2) is 5.81. The number of aryl methyl sites for hydroxylation is 1. The van der Waals surface area contributed by atoms with E-state index in [0.717, 1.165) is 5.56 Å². The Labute approximate surface area is 112 Å². The monoisotopic (exact) mass is 284 g/mol. The lowest BCUT2D eigenvalue weighted by atomic mass is 10.1. The molecule has 1 heterocycles. The molecule has 0 N–H and O–H groups in total. The second-order valence-electron chi connectivity index (χ2n) is 4.56. The second-order valence-corrected chi connectivity index (χ2v) is 6.18. The largest absolute Gasteiger partial charge is 0.368 e. The summed E-state index contributed by atoms with van der Waals surface area (Å²) in [7, 11) is -3.75. The van der Waals surface area contributed by atoms with Crippen molar-refractivity contribution in [1.29, 1.82) is 0 Å². The molecule has 1 aromatic rings. The molecule has 1 aliphatic heterocycles. The molecule has 1 unspecified atom stereocenters. The van der Waals surface area contributed by atoms with Crippen molar-refractivity contribution in [3.8, 4) is 0 Å². The summed E-state index contributed by atoms with van der Waals surface area (Å²) in [6.45, 7) is 1.87. The minimum absolute atomic E-state index is 0.0395. The fourth-order valence-corrected chi connectivity index (χ4v) is 2.69. The molecule has 1 fully saturated rings. The normalized spacial score (nSPS) is 20.5. The summed E-state index contributed by atoms with van der Waals surface area (Å²) in [5.41, 5.74) is 0.980. The first-order valence-electron chi connectivity index (χ1n) is 6.07. The molecule has 0 amide bonds. The number of hydrogen-bond acceptors (Lipinski definition) is 5. The van der Waals surface area contributed by atoms with E-state index in [0.29, 0.717) is 12.8 Å². The van der Waals surface area contributed by atoms with Crippen LogP contribution in [0.25, 0.3) is 0 Å². The van der Waals surface area contributed by atoms with Crippen molar-refractivity contribution < 1.29 is 22.1 Å². The van der Waals surface area contributed by atoms with Crippen LogP contribution in [0.2, 0.25) is 0 Å². The summed E-state index contributed by atoms with van der Waals surface area (Å²) < 4.78 is 34.0. The van der Waals surface area contributed by atoms with E-state index >= 15 is 0 Å². The molecular formula is C13H16O5S. The average Bonchev–Trinajstić information content (AvgIpc) is 2.39. The van der Waals surface area contributed by atoms with E-state index in [1.165, 1.54) is 12.1 Å². The van der Waals surface area contributed by atoms with E-state index in [2.05, 4.69) is 0 Å². The van der Waals surface area contributed by atoms with Crippen LogP contribution in [0.4, 0.5) is 0 Å². The summed E-state index contributed by atoms with van der Waals surface area (Å²) in [4.78, 5) is 11.1. The highest BCUT2D eigenvalue weighted by Crippen LogP contribution is 2.16. The van der Waals surface area contributed by atoms with Crippen molar-refractivity contribution in [2.45, 2.75) is 30.8 Å². The maximum Gasteiger partial charge on any atom is 0.297 e. The van der Waals surface area contributed by atoms with E-state index in [9.17, 15) is 13.2 Å². The molecule has 0 bridgehead atoms. The number of carbonyl (C=O) groups is 1. The highest BCUT2D eigenvalue weighted by atomic mass is 32.2. The molecule has 0 aliphatic carbocycles. The molecule has 0 aromatic heterocycles. The van der Waals surface area contributed by atoms with Crippen molar-refractivity contribution in [2.24, 2.45) is 0 Å². The predicted molar refractivity (Wildman–Crippen MR) is 68.3 cm³/mol. The summed E-state index contributed by atoms with van der Waals surface area (Å²) >= 11 is 0. The van der Waals surface area contributed by atoms with Crippen molar-refractivity contribution >= 4 is 15.9 Å². The fourth-order valence-electron chi connectivity index (χ4n) is 1.76. The lowest BCUT2D eigenvalue weighted by Gasteiger charge is -2.21. The van der Waals surface area contributed by atoms with Gasteiger partial charge in [0.05, 0.1) is 17.6 Å². The summed E-state index contributed by atoms with van der Waals surface area (Å²) in [6.07, 6.45) is 0.582. The van der Waals surface area contributed by atoms with Gasteiger partial charge < -0.3 is 4.74 Å². The van der Waals surface area contributed by atoms with Crippen LogP contribution in [0.1, 0.15) is 18.4 Å². The van der Waals surface area contributed by atoms with E-state index in [1.54, 1.807) is 12.1 Å². The number of ketones is 1. The Kier molecular flexibility index (Phi) is 4.34. The van der Waals surface area contributed by atoms with Crippen LogP contribution in [0.5, 0.6) is 0 Å². The first-order chi connectivity index (χ1) is 8.97. The minimum Gasteiger partial charge on any atom is -0.368 e. The molecule has 6 heteroatoms. The Balaban J connectivity index is 1.94. The molecule has 2 rings (SSSR count). The summed E-state index contributed by atoms with van der Waals surface area (Å²) in [5.74, 6) is 0.0395. The van der Waals surface area contributed by atoms with Gasteiger partial charge in [-0.25, -0.2) is 0 Å². The third kappa shape index (κ3) is 3.86. The molecular weight excluding hydrogens is 268 g/mol. The fraction of sp³-hybridized carbons (Fsp3) is 0.462. The number of ether oxygens (including phenoxy) is 1. The van der Waals surface area contributed by atoms with Crippen LogP contribution >= 0.6 is 0 Å². The van der Waals surface area contributed by atoms with Crippen LogP contribution in [-0.2, 0) is 23.8 Å². The molecule has 1 saturated heterocycles. The van der Waals surface area contributed by atoms with Gasteiger partial charge in [-0.2, -0.15) is 8.42 Å². The first-order valence-corrected chi connectivity index (χ1v) is 7.47. The number of carbonyl (C=O) groups excluding carboxylic acids is 1. The molecule has 19 heavy (non-hydrogen) atoms. The molecule has 1 atom stereocenters. The van der Waals surface area contributed by atoms with E-state index in [1.807, 2.05) is 6.92 Å². The van der Waals surface area contributed by atoms with Gasteiger partial charge in [-0.05, 0) is 25.5 Å². The summed E-state index contributed by atoms with van der Waals surface area (Å²) in [6, 6.07) is 6.45. The van der Waals surface area contributed by atoms with Crippen LogP contribution in [-0.4, -0.2) is 33.5 Å². The van der Waals surface area contributed by atoms with Gasteiger partial charge in [0, 0.05) is 6.42 Å². The van der Waals surface area contributed by atoms with Gasteiger partial charge in [0.15, 0.2) is 5.78 Å². The highest BCUT2D eigenvalue weighted by Gasteiger charge is 2.23. The van der Waals surface area contributed by atoms with Crippen molar-refractivity contribution in [3.05, 3.63) is 29.8 Å². The third-order valence-corrected chi connectivity index (χ3v) is 4.24. The average molecular weight is 284 g/mol. The Morgan fingerprint density at radius 2 is 2.00 bits per heavy atom. The van der Waals surface area contributed by atoms with Crippen molar-refractivity contribution in [2.75, 3.05) is 13.2 Å². The Morgan fingerprint density at radius 3 is 2.58 bits per heavy atom. The lowest BCUT2D eigenvalue weighted by molar-refractivity contribution is -0.132. The molecule has 0 radical (unpaired) electrons. The highest BCUT2D eigenvalue weighted by molar-refractivity contribution is 7.86. The van der Waals surface area contributed by atoms with Gasteiger partial charge in [0.25, 0.3) is 10.1 Å². The number of benzene rings is 1. The molecule has 5 nitrogen and oxygen atoms in total. The van der Waals surface area contributed by atoms with Gasteiger partial charge in [-0.15, -0.1) is 0 Å². The van der Waals surface area contributed by atoms with E-state index in [4.69, 9.17) is 8.92 Å². The minimum atomic E-state index is -3.75. The standard InChI is InChI=1S/C13H16O5S/c1-10-2-6-13(7-3-10)19(15,16)18-9-12-5-4-11(14)8-17-12/h2-3,6-7,12H,4-5,8-9H2,1H3. The van der Waals surface area contributed by atoms with Crippen LogP contribution < -0.4 is 0 Å². The number of rotatable bonds is 4. The van der Waals surface area contributed by atoms with Crippen LogP contribution in [0.3, 0.4) is 0 Å². The van der Waals surface area contributed by atoms with Gasteiger partial charge in [0.2, 0.25) is 0 Å². The first kappa shape index (κ1) is 14.2. The van der Waals surface area contributed by atoms with E-state index < -0.39 is 10.1 Å². The van der Waals surface area contributed by atoms with Gasteiger partial charge in [-0.3, -0.25) is 8.98 Å². The lowest BCUT2D eigenvalue weighted by Crippen LogP contribution is -2.30. The molecule has 0 saturated carbocycles. The zero-order chi connectivity index (χ0) is 13.9. The molecule has 1 aliphatic rings. The van der Waals surface area contributed by atoms with E-state index in [-0.39, 0.29) is 30.0 Å². The Hall–Kier alpha value is -1.24. The quantitative estimate of drug-likeness (QED) is 0.783. The molecule has 0 spiro atoms. The van der Waals surface area contributed by atoms with Crippen LogP contribution in [0, 0.1) is 6.92 Å². The zero-order valence-corrected chi connectivity index (χ0v) is 11.5. The summed E-state index contributed by atoms with van der Waals surface area (Å²) in [5, 5.41) is 0. The number of hydrogen-bond donors (Lipinski definition) is 0.